The van der Waals surface area contributed by atoms with Gasteiger partial charge in [-0.1, -0.05) is 17.7 Å². The van der Waals surface area contributed by atoms with Gasteiger partial charge in [-0.05, 0) is 42.8 Å². The first-order chi connectivity index (χ1) is 13.1. The van der Waals surface area contributed by atoms with Gasteiger partial charge in [0.1, 0.15) is 12.4 Å². The minimum atomic E-state index is -0.400. The first kappa shape index (κ1) is 18.9. The van der Waals surface area contributed by atoms with Gasteiger partial charge in [0, 0.05) is 29.4 Å². The molecule has 0 aliphatic carbocycles. The first-order valence-electron chi connectivity index (χ1n) is 8.51. The Morgan fingerprint density at radius 2 is 2.22 bits per heavy atom. The zero-order chi connectivity index (χ0) is 19.4. The Hall–Kier alpha value is -2.86. The van der Waals surface area contributed by atoms with Gasteiger partial charge in [0.15, 0.2) is 11.6 Å². The van der Waals surface area contributed by atoms with Crippen molar-refractivity contribution in [1.82, 2.24) is 10.3 Å². The van der Waals surface area contributed by atoms with Crippen LogP contribution in [0.4, 0.5) is 10.2 Å². The van der Waals surface area contributed by atoms with Crippen molar-refractivity contribution in [1.29, 1.82) is 5.41 Å². The highest BCUT2D eigenvalue weighted by atomic mass is 35.5. The van der Waals surface area contributed by atoms with E-state index in [-0.39, 0.29) is 0 Å². The van der Waals surface area contributed by atoms with Crippen molar-refractivity contribution < 1.29 is 9.13 Å². The highest BCUT2D eigenvalue weighted by Gasteiger charge is 2.21. The van der Waals surface area contributed by atoms with Gasteiger partial charge in [-0.15, -0.1) is 0 Å². The van der Waals surface area contributed by atoms with E-state index in [4.69, 9.17) is 21.7 Å². The van der Waals surface area contributed by atoms with E-state index in [1.807, 2.05) is 19.1 Å². The first-order valence-corrected chi connectivity index (χ1v) is 8.89. The van der Waals surface area contributed by atoms with Crippen LogP contribution in [0.2, 0.25) is 5.02 Å². The summed E-state index contributed by atoms with van der Waals surface area (Å²) in [5, 5.41) is 14.1. The zero-order valence-corrected chi connectivity index (χ0v) is 15.8. The summed E-state index contributed by atoms with van der Waals surface area (Å²) >= 11 is 6.06. The third-order valence-corrected chi connectivity index (χ3v) is 4.43. The molecule has 1 aliphatic rings. The van der Waals surface area contributed by atoms with Crippen molar-refractivity contribution in [3.8, 4) is 17.0 Å². The second-order valence-electron chi connectivity index (χ2n) is 5.87. The van der Waals surface area contributed by atoms with Gasteiger partial charge < -0.3 is 20.8 Å². The molecule has 140 valence electrons. The largest absolute Gasteiger partial charge is 0.487 e. The predicted octanol–water partition coefficient (Wildman–Crippen LogP) is 4.50. The van der Waals surface area contributed by atoms with Gasteiger partial charge >= 0.3 is 0 Å². The highest BCUT2D eigenvalue weighted by Crippen LogP contribution is 2.39. The highest BCUT2D eigenvalue weighted by molar-refractivity contribution is 6.30. The molecule has 1 aromatic heterocycles. The predicted molar refractivity (Wildman–Crippen MR) is 108 cm³/mol. The number of nitrogens with zero attached hydrogens (tertiary/aromatic N) is 1. The molecule has 27 heavy (non-hydrogen) atoms. The lowest BCUT2D eigenvalue weighted by Gasteiger charge is -2.23. The minimum absolute atomic E-state index is 0.319. The molecule has 0 bridgehead atoms. The summed E-state index contributed by atoms with van der Waals surface area (Å²) in [6, 6.07) is 6.17. The van der Waals surface area contributed by atoms with Crippen LogP contribution in [0.5, 0.6) is 5.75 Å². The van der Waals surface area contributed by atoms with Crippen LogP contribution >= 0.6 is 11.6 Å². The lowest BCUT2D eigenvalue weighted by molar-refractivity contribution is 0.320. The summed E-state index contributed by atoms with van der Waals surface area (Å²) in [5.74, 6) is 0.765. The van der Waals surface area contributed by atoms with Gasteiger partial charge in [-0.2, -0.15) is 0 Å². The fourth-order valence-corrected chi connectivity index (χ4v) is 3.01. The molecule has 0 atom stereocenters. The maximum Gasteiger partial charge on any atom is 0.170 e. The number of nitrogens with one attached hydrogen (secondary N) is 3. The molecular weight excluding hydrogens is 367 g/mol. The van der Waals surface area contributed by atoms with Crippen molar-refractivity contribution in [2.24, 2.45) is 0 Å². The molecule has 1 aromatic carbocycles. The molecule has 3 N–H and O–H groups in total. The Kier molecular flexibility index (Phi) is 5.76. The molecular formula is C20H20ClFN4O. The van der Waals surface area contributed by atoms with Crippen LogP contribution in [0, 0.1) is 11.2 Å². The number of benzene rings is 1. The number of allylic oxidation sites excluding steroid dienone is 4. The van der Waals surface area contributed by atoms with Crippen molar-refractivity contribution in [3.05, 3.63) is 58.5 Å². The monoisotopic (exact) mass is 386 g/mol. The number of halogens is 2. The van der Waals surface area contributed by atoms with E-state index < -0.39 is 5.82 Å². The van der Waals surface area contributed by atoms with Crippen LogP contribution in [0.1, 0.15) is 12.5 Å². The Labute approximate surface area is 162 Å². The molecule has 0 amide bonds. The summed E-state index contributed by atoms with van der Waals surface area (Å²) in [4.78, 5) is 4.54. The van der Waals surface area contributed by atoms with E-state index in [2.05, 4.69) is 15.6 Å². The molecule has 2 heterocycles. The SMILES string of the molecule is C/C=C(\C=C(/C=N)NC)c1cc(-c2cc(Cl)ccc2F)nc2c1OCCN2. The standard InChI is InChI=1S/C20H20ClFN4O/c1-3-12(8-14(11-23)24-2)15-10-18(16-9-13(21)4-5-17(16)22)26-20-19(15)27-7-6-25-20/h3-5,8-11,23-24H,6-7H2,1-2H3,(H,25,26)/b12-3+,14-8+,23-11?. The quantitative estimate of drug-likeness (QED) is 0.522. The molecule has 3 rings (SSSR count). The molecule has 0 fully saturated rings. The number of pyridine rings is 1. The van der Waals surface area contributed by atoms with Crippen molar-refractivity contribution in [3.63, 3.8) is 0 Å². The number of anilines is 1. The van der Waals surface area contributed by atoms with Crippen molar-refractivity contribution in [2.75, 3.05) is 25.5 Å². The molecule has 5 nitrogen and oxygen atoms in total. The van der Waals surface area contributed by atoms with Crippen LogP contribution in [-0.2, 0) is 0 Å². The van der Waals surface area contributed by atoms with Crippen LogP contribution in [0.3, 0.4) is 0 Å². The molecule has 0 saturated carbocycles. The Bertz CT molecular complexity index is 940. The van der Waals surface area contributed by atoms with Crippen molar-refractivity contribution in [2.45, 2.75) is 6.92 Å². The number of fused-ring (bicyclic) bond motifs is 1. The second-order valence-corrected chi connectivity index (χ2v) is 6.31. The Morgan fingerprint density at radius 3 is 2.93 bits per heavy atom. The van der Waals surface area contributed by atoms with Gasteiger partial charge in [0.25, 0.3) is 0 Å². The second kappa shape index (κ2) is 8.22. The van der Waals surface area contributed by atoms with Gasteiger partial charge in [0.05, 0.1) is 17.9 Å². The number of ether oxygens (including phenoxy) is 1. The summed E-state index contributed by atoms with van der Waals surface area (Å²) in [5.41, 5.74) is 3.00. The van der Waals surface area contributed by atoms with E-state index in [1.165, 1.54) is 18.3 Å². The van der Waals surface area contributed by atoms with Gasteiger partial charge in [-0.3, -0.25) is 0 Å². The molecule has 7 heteroatoms. The smallest absolute Gasteiger partial charge is 0.170 e. The maximum atomic E-state index is 14.4. The zero-order valence-electron chi connectivity index (χ0n) is 15.1. The number of hydrogen-bond acceptors (Lipinski definition) is 5. The van der Waals surface area contributed by atoms with Crippen molar-refractivity contribution >= 4 is 29.2 Å². The van der Waals surface area contributed by atoms with Gasteiger partial charge in [-0.25, -0.2) is 9.37 Å². The summed E-state index contributed by atoms with van der Waals surface area (Å²) in [6.07, 6.45) is 4.97. The number of hydrogen-bond donors (Lipinski definition) is 3. The van der Waals surface area contributed by atoms with Crippen LogP contribution in [0.15, 0.2) is 42.1 Å². The molecule has 0 saturated heterocycles. The van der Waals surface area contributed by atoms with Gasteiger partial charge in [0.2, 0.25) is 0 Å². The van der Waals surface area contributed by atoms with Crippen LogP contribution in [-0.4, -0.2) is 31.4 Å². The molecule has 1 aliphatic heterocycles. The summed E-state index contributed by atoms with van der Waals surface area (Å²) in [7, 11) is 1.75. The summed E-state index contributed by atoms with van der Waals surface area (Å²) < 4.78 is 20.2. The topological polar surface area (TPSA) is 70.0 Å². The van der Waals surface area contributed by atoms with Crippen LogP contribution in [0.25, 0.3) is 16.8 Å². The average molecular weight is 387 g/mol. The lowest BCUT2D eigenvalue weighted by atomic mass is 10.00. The Balaban J connectivity index is 2.22. The molecule has 0 radical (unpaired) electrons. The lowest BCUT2D eigenvalue weighted by Crippen LogP contribution is -2.20. The van der Waals surface area contributed by atoms with Crippen LogP contribution < -0.4 is 15.4 Å². The normalized spacial score (nSPS) is 14.1. The minimum Gasteiger partial charge on any atom is -0.487 e. The van der Waals surface area contributed by atoms with E-state index in [0.29, 0.717) is 46.7 Å². The number of rotatable bonds is 5. The fourth-order valence-electron chi connectivity index (χ4n) is 2.84. The van der Waals surface area contributed by atoms with E-state index in [1.54, 1.807) is 19.2 Å². The molecule has 2 aromatic rings. The number of aromatic nitrogens is 1. The fraction of sp³-hybridized carbons (Fsp3) is 0.200. The average Bonchev–Trinajstić information content (AvgIpc) is 2.70. The van der Waals surface area contributed by atoms with E-state index >= 15 is 0 Å². The third kappa shape index (κ3) is 3.95. The maximum absolute atomic E-state index is 14.4. The third-order valence-electron chi connectivity index (χ3n) is 4.20. The van der Waals surface area contributed by atoms with E-state index in [0.717, 1.165) is 11.1 Å². The summed E-state index contributed by atoms with van der Waals surface area (Å²) in [6.45, 7) is 3.02. The molecule has 0 unspecified atom stereocenters. The molecule has 0 spiro atoms. The Morgan fingerprint density at radius 1 is 1.41 bits per heavy atom. The van der Waals surface area contributed by atoms with E-state index in [9.17, 15) is 4.39 Å².